The van der Waals surface area contributed by atoms with Crippen LogP contribution in [0.25, 0.3) is 0 Å². The molecule has 0 spiro atoms. The summed E-state index contributed by atoms with van der Waals surface area (Å²) in [5.74, 6) is -0.0205. The van der Waals surface area contributed by atoms with Gasteiger partial charge in [-0.3, -0.25) is 4.90 Å². The van der Waals surface area contributed by atoms with Crippen LogP contribution in [0, 0.1) is 11.7 Å². The standard InChI is InChI=1S/C16H24FN3O2/c17-12-9-13(16(21)14(18)10-12)15(11-1-7-22-8-2-11)20-5-3-19-4-6-20/h9-11,15,19,21H,1-8,18H2/t15-/m1/s1. The SMILES string of the molecule is Nc1cc(F)cc([C@@H](C2CCOCC2)N2CCNCC2)c1O. The Hall–Kier alpha value is -1.37. The fourth-order valence-electron chi connectivity index (χ4n) is 3.61. The second-order valence-corrected chi connectivity index (χ2v) is 6.11. The van der Waals surface area contributed by atoms with Gasteiger partial charge in [0.15, 0.2) is 0 Å². The van der Waals surface area contributed by atoms with E-state index in [4.69, 9.17) is 10.5 Å². The second-order valence-electron chi connectivity index (χ2n) is 6.11. The average molecular weight is 309 g/mol. The van der Waals surface area contributed by atoms with Crippen LogP contribution in [0.2, 0.25) is 0 Å². The highest BCUT2D eigenvalue weighted by atomic mass is 19.1. The van der Waals surface area contributed by atoms with Gasteiger partial charge in [-0.1, -0.05) is 0 Å². The van der Waals surface area contributed by atoms with E-state index in [1.807, 2.05) is 0 Å². The average Bonchev–Trinajstić information content (AvgIpc) is 2.54. The first-order valence-electron chi connectivity index (χ1n) is 7.97. The summed E-state index contributed by atoms with van der Waals surface area (Å²) in [5.41, 5.74) is 6.50. The molecule has 0 bridgehead atoms. The normalized spacial score (nSPS) is 22.6. The zero-order chi connectivity index (χ0) is 15.5. The van der Waals surface area contributed by atoms with Gasteiger partial charge in [0.1, 0.15) is 11.6 Å². The van der Waals surface area contributed by atoms with Crippen molar-refractivity contribution in [3.63, 3.8) is 0 Å². The van der Waals surface area contributed by atoms with Crippen molar-refractivity contribution in [2.45, 2.75) is 18.9 Å². The molecule has 0 saturated carbocycles. The summed E-state index contributed by atoms with van der Waals surface area (Å²) >= 11 is 0. The van der Waals surface area contributed by atoms with Gasteiger partial charge in [-0.15, -0.1) is 0 Å². The Morgan fingerprint density at radius 2 is 1.95 bits per heavy atom. The highest BCUT2D eigenvalue weighted by molar-refractivity contribution is 5.57. The van der Waals surface area contributed by atoms with Crippen molar-refractivity contribution in [1.29, 1.82) is 0 Å². The van der Waals surface area contributed by atoms with Crippen molar-refractivity contribution >= 4 is 5.69 Å². The number of halogens is 1. The third-order valence-corrected chi connectivity index (χ3v) is 4.71. The molecule has 5 nitrogen and oxygen atoms in total. The maximum Gasteiger partial charge on any atom is 0.143 e. The Morgan fingerprint density at radius 1 is 1.27 bits per heavy atom. The number of nitrogen functional groups attached to an aromatic ring is 1. The molecular formula is C16H24FN3O2. The number of benzene rings is 1. The summed E-state index contributed by atoms with van der Waals surface area (Å²) in [5, 5.41) is 13.7. The first-order valence-corrected chi connectivity index (χ1v) is 7.97. The van der Waals surface area contributed by atoms with Crippen LogP contribution in [0.15, 0.2) is 12.1 Å². The molecule has 122 valence electrons. The van der Waals surface area contributed by atoms with Gasteiger partial charge in [-0.2, -0.15) is 0 Å². The minimum Gasteiger partial charge on any atom is -0.505 e. The topological polar surface area (TPSA) is 70.8 Å². The maximum absolute atomic E-state index is 13.9. The van der Waals surface area contributed by atoms with E-state index < -0.39 is 5.82 Å². The minimum absolute atomic E-state index is 0.0102. The number of nitrogens with zero attached hydrogens (tertiary/aromatic N) is 1. The molecule has 6 heteroatoms. The highest BCUT2D eigenvalue weighted by Gasteiger charge is 2.33. The van der Waals surface area contributed by atoms with Crippen molar-refractivity contribution in [3.05, 3.63) is 23.5 Å². The minimum atomic E-state index is -0.391. The van der Waals surface area contributed by atoms with Crippen molar-refractivity contribution < 1.29 is 14.2 Å². The third-order valence-electron chi connectivity index (χ3n) is 4.71. The molecule has 2 aliphatic heterocycles. The van der Waals surface area contributed by atoms with Crippen LogP contribution in [0.5, 0.6) is 5.75 Å². The molecule has 1 aromatic carbocycles. The summed E-state index contributed by atoms with van der Waals surface area (Å²) < 4.78 is 19.3. The van der Waals surface area contributed by atoms with E-state index >= 15 is 0 Å². The number of ether oxygens (including phenoxy) is 1. The van der Waals surface area contributed by atoms with Crippen LogP contribution in [0.4, 0.5) is 10.1 Å². The van der Waals surface area contributed by atoms with Crippen molar-refractivity contribution in [1.82, 2.24) is 10.2 Å². The fraction of sp³-hybridized carbons (Fsp3) is 0.625. The monoisotopic (exact) mass is 309 g/mol. The van der Waals surface area contributed by atoms with Crippen molar-refractivity contribution in [3.8, 4) is 5.75 Å². The number of hydrogen-bond acceptors (Lipinski definition) is 5. The highest BCUT2D eigenvalue weighted by Crippen LogP contribution is 2.41. The predicted molar refractivity (Wildman–Crippen MR) is 83.2 cm³/mol. The second kappa shape index (κ2) is 6.81. The van der Waals surface area contributed by atoms with E-state index in [9.17, 15) is 9.50 Å². The van der Waals surface area contributed by atoms with Gasteiger partial charge >= 0.3 is 0 Å². The Balaban J connectivity index is 1.96. The summed E-state index contributed by atoms with van der Waals surface area (Å²) in [4.78, 5) is 2.33. The number of phenols is 1. The van der Waals surface area contributed by atoms with Gasteiger partial charge in [-0.05, 0) is 24.8 Å². The summed E-state index contributed by atoms with van der Waals surface area (Å²) in [6.45, 7) is 5.03. The van der Waals surface area contributed by atoms with E-state index in [0.29, 0.717) is 11.5 Å². The number of nitrogens with two attached hydrogens (primary N) is 1. The smallest absolute Gasteiger partial charge is 0.143 e. The fourth-order valence-corrected chi connectivity index (χ4v) is 3.61. The van der Waals surface area contributed by atoms with Crippen LogP contribution >= 0.6 is 0 Å². The zero-order valence-corrected chi connectivity index (χ0v) is 12.7. The first-order chi connectivity index (χ1) is 10.7. The van der Waals surface area contributed by atoms with E-state index in [0.717, 1.165) is 52.2 Å². The molecule has 2 fully saturated rings. The zero-order valence-electron chi connectivity index (χ0n) is 12.7. The number of hydrogen-bond donors (Lipinski definition) is 3. The van der Waals surface area contributed by atoms with E-state index in [2.05, 4.69) is 10.2 Å². The lowest BCUT2D eigenvalue weighted by Crippen LogP contribution is -2.47. The van der Waals surface area contributed by atoms with Crippen LogP contribution in [-0.2, 0) is 4.74 Å². The molecule has 1 aromatic rings. The molecule has 22 heavy (non-hydrogen) atoms. The molecule has 0 unspecified atom stereocenters. The van der Waals surface area contributed by atoms with Crippen LogP contribution < -0.4 is 11.1 Å². The molecule has 4 N–H and O–H groups in total. The Bertz CT molecular complexity index is 496. The molecule has 0 aromatic heterocycles. The van der Waals surface area contributed by atoms with Crippen molar-refractivity contribution in [2.75, 3.05) is 45.1 Å². The van der Waals surface area contributed by atoms with Gasteiger partial charge in [0.25, 0.3) is 0 Å². The summed E-state index contributed by atoms with van der Waals surface area (Å²) in [6.07, 6.45) is 1.84. The summed E-state index contributed by atoms with van der Waals surface area (Å²) in [6, 6.07) is 2.61. The molecular weight excluding hydrogens is 285 g/mol. The maximum atomic E-state index is 13.9. The van der Waals surface area contributed by atoms with Gasteiger partial charge in [0.2, 0.25) is 0 Å². The number of anilines is 1. The molecule has 3 rings (SSSR count). The number of aromatic hydroxyl groups is 1. The third kappa shape index (κ3) is 3.19. The van der Waals surface area contributed by atoms with E-state index in [-0.39, 0.29) is 17.5 Å². The lowest BCUT2D eigenvalue weighted by molar-refractivity contribution is 0.0206. The Kier molecular flexibility index (Phi) is 4.81. The molecule has 1 atom stereocenters. The number of piperazine rings is 1. The van der Waals surface area contributed by atoms with Crippen molar-refractivity contribution in [2.24, 2.45) is 5.92 Å². The molecule has 2 aliphatic rings. The van der Waals surface area contributed by atoms with Crippen LogP contribution in [0.1, 0.15) is 24.4 Å². The molecule has 0 radical (unpaired) electrons. The van der Waals surface area contributed by atoms with Gasteiger partial charge in [-0.25, -0.2) is 4.39 Å². The molecule has 2 heterocycles. The molecule has 0 aliphatic carbocycles. The van der Waals surface area contributed by atoms with Crippen LogP contribution in [0.3, 0.4) is 0 Å². The predicted octanol–water partition coefficient (Wildman–Crippen LogP) is 1.49. The van der Waals surface area contributed by atoms with Gasteiger partial charge in [0.05, 0.1) is 5.69 Å². The number of phenolic OH excluding ortho intramolecular Hbond substituents is 1. The summed E-state index contributed by atoms with van der Waals surface area (Å²) in [7, 11) is 0. The number of nitrogens with one attached hydrogen (secondary N) is 1. The van der Waals surface area contributed by atoms with Gasteiger partial charge in [0, 0.05) is 57.1 Å². The Labute approximate surface area is 130 Å². The lowest BCUT2D eigenvalue weighted by atomic mass is 9.85. The molecule has 2 saturated heterocycles. The van der Waals surface area contributed by atoms with Gasteiger partial charge < -0.3 is 20.9 Å². The van der Waals surface area contributed by atoms with Crippen LogP contribution in [-0.4, -0.2) is 49.4 Å². The lowest BCUT2D eigenvalue weighted by Gasteiger charge is -2.41. The quantitative estimate of drug-likeness (QED) is 0.583. The van der Waals surface area contributed by atoms with E-state index in [1.54, 1.807) is 0 Å². The molecule has 0 amide bonds. The number of rotatable bonds is 3. The Morgan fingerprint density at radius 3 is 2.64 bits per heavy atom. The largest absolute Gasteiger partial charge is 0.505 e. The first kappa shape index (κ1) is 15.5. The van der Waals surface area contributed by atoms with E-state index in [1.165, 1.54) is 12.1 Å².